The van der Waals surface area contributed by atoms with Gasteiger partial charge < -0.3 is 15.4 Å². The first kappa shape index (κ1) is 17.4. The van der Waals surface area contributed by atoms with E-state index in [0.29, 0.717) is 23.0 Å². The Kier molecular flexibility index (Phi) is 4.52. The van der Waals surface area contributed by atoms with E-state index in [2.05, 4.69) is 26.9 Å². The zero-order valence-electron chi connectivity index (χ0n) is 15.4. The minimum atomic E-state index is 0.606. The number of nitrogens with zero attached hydrogens (tertiary/aromatic N) is 3. The fourth-order valence-electron chi connectivity index (χ4n) is 2.96. The number of H-pyrrole nitrogens is 1. The van der Waals surface area contributed by atoms with Crippen molar-refractivity contribution in [3.8, 4) is 11.8 Å². The average molecular weight is 370 g/mol. The highest BCUT2D eigenvalue weighted by atomic mass is 16.5. The molecule has 138 valence electrons. The molecule has 0 aliphatic carbocycles. The van der Waals surface area contributed by atoms with Gasteiger partial charge in [-0.2, -0.15) is 10.4 Å². The second-order valence-electron chi connectivity index (χ2n) is 6.29. The van der Waals surface area contributed by atoms with Crippen LogP contribution >= 0.6 is 0 Å². The Hall–Kier alpha value is -4.05. The lowest BCUT2D eigenvalue weighted by molar-refractivity contribution is 0.420. The summed E-state index contributed by atoms with van der Waals surface area (Å²) in [4.78, 5) is 4.72. The van der Waals surface area contributed by atoms with Crippen molar-refractivity contribution in [2.24, 2.45) is 0 Å². The highest BCUT2D eigenvalue weighted by Crippen LogP contribution is 2.34. The topological polar surface area (TPSA) is 98.6 Å². The molecule has 0 fully saturated rings. The summed E-state index contributed by atoms with van der Waals surface area (Å²) in [5.74, 6) is 2.75. The fraction of sp³-hybridized carbons (Fsp3) is 0.0952. The number of hydrogen-bond acceptors (Lipinski definition) is 6. The van der Waals surface area contributed by atoms with Crippen LogP contribution in [0.3, 0.4) is 0 Å². The van der Waals surface area contributed by atoms with Crippen molar-refractivity contribution in [2.45, 2.75) is 6.92 Å². The zero-order valence-corrected chi connectivity index (χ0v) is 15.4. The molecule has 2 aromatic heterocycles. The number of pyridine rings is 1. The van der Waals surface area contributed by atoms with Crippen LogP contribution in [0.1, 0.15) is 11.3 Å². The smallest absolute Gasteiger partial charge is 0.153 e. The zero-order chi connectivity index (χ0) is 19.5. The van der Waals surface area contributed by atoms with Gasteiger partial charge in [0.1, 0.15) is 17.4 Å². The molecular weight excluding hydrogens is 352 g/mol. The summed E-state index contributed by atoms with van der Waals surface area (Å²) in [6.45, 7) is 1.94. The van der Waals surface area contributed by atoms with E-state index < -0.39 is 0 Å². The maximum absolute atomic E-state index is 8.98. The number of benzene rings is 2. The number of aryl methyl sites for hydroxylation is 1. The number of ether oxygens (including phenoxy) is 1. The summed E-state index contributed by atoms with van der Waals surface area (Å²) in [6, 6.07) is 19.0. The van der Waals surface area contributed by atoms with Crippen LogP contribution in [0.5, 0.6) is 5.75 Å². The molecule has 0 saturated carbocycles. The molecule has 0 aliphatic heterocycles. The summed E-state index contributed by atoms with van der Waals surface area (Å²) >= 11 is 0. The highest BCUT2D eigenvalue weighted by molar-refractivity contribution is 5.99. The van der Waals surface area contributed by atoms with Crippen LogP contribution in [0.25, 0.3) is 10.8 Å². The van der Waals surface area contributed by atoms with Gasteiger partial charge in [0.2, 0.25) is 0 Å². The molecule has 0 saturated heterocycles. The lowest BCUT2D eigenvalue weighted by Gasteiger charge is -2.14. The van der Waals surface area contributed by atoms with Crippen molar-refractivity contribution < 1.29 is 4.74 Å². The van der Waals surface area contributed by atoms with Gasteiger partial charge in [0.15, 0.2) is 5.82 Å². The summed E-state index contributed by atoms with van der Waals surface area (Å²) in [6.07, 6.45) is 0. The number of rotatable bonds is 5. The summed E-state index contributed by atoms with van der Waals surface area (Å²) in [5, 5.41) is 24.5. The predicted molar refractivity (Wildman–Crippen MR) is 109 cm³/mol. The first-order chi connectivity index (χ1) is 13.7. The largest absolute Gasteiger partial charge is 0.496 e. The van der Waals surface area contributed by atoms with Crippen LogP contribution in [-0.2, 0) is 0 Å². The molecule has 0 radical (unpaired) electrons. The Balaban J connectivity index is 1.79. The lowest BCUT2D eigenvalue weighted by Crippen LogP contribution is -2.00. The van der Waals surface area contributed by atoms with E-state index in [-0.39, 0.29) is 0 Å². The SMILES string of the molecule is COc1cccc2c(Nc3ccc(C#N)cc3)nc(Nc3cc(C)[nH]n3)cc12. The van der Waals surface area contributed by atoms with Crippen LogP contribution < -0.4 is 15.4 Å². The number of anilines is 4. The Bertz CT molecular complexity index is 1170. The third kappa shape index (κ3) is 3.44. The Morgan fingerprint density at radius 1 is 1.00 bits per heavy atom. The molecule has 0 unspecified atom stereocenters. The van der Waals surface area contributed by atoms with Crippen LogP contribution in [0.2, 0.25) is 0 Å². The Morgan fingerprint density at radius 3 is 2.50 bits per heavy atom. The molecule has 3 N–H and O–H groups in total. The number of hydrogen-bond donors (Lipinski definition) is 3. The van der Waals surface area contributed by atoms with Crippen molar-refractivity contribution in [3.63, 3.8) is 0 Å². The van der Waals surface area contributed by atoms with Crippen molar-refractivity contribution in [1.82, 2.24) is 15.2 Å². The lowest BCUT2D eigenvalue weighted by atomic mass is 10.1. The van der Waals surface area contributed by atoms with E-state index in [1.54, 1.807) is 19.2 Å². The van der Waals surface area contributed by atoms with Crippen molar-refractivity contribution in [2.75, 3.05) is 17.7 Å². The fourth-order valence-corrected chi connectivity index (χ4v) is 2.96. The molecule has 7 nitrogen and oxygen atoms in total. The number of methoxy groups -OCH3 is 1. The first-order valence-corrected chi connectivity index (χ1v) is 8.70. The summed E-state index contributed by atoms with van der Waals surface area (Å²) < 4.78 is 5.53. The molecule has 28 heavy (non-hydrogen) atoms. The second-order valence-corrected chi connectivity index (χ2v) is 6.29. The summed E-state index contributed by atoms with van der Waals surface area (Å²) in [5.41, 5.74) is 2.40. The molecule has 4 rings (SSSR count). The Labute approximate surface area is 162 Å². The van der Waals surface area contributed by atoms with Crippen molar-refractivity contribution in [3.05, 3.63) is 65.9 Å². The molecule has 4 aromatic rings. The van der Waals surface area contributed by atoms with Gasteiger partial charge in [0.05, 0.1) is 18.7 Å². The maximum atomic E-state index is 8.98. The van der Waals surface area contributed by atoms with Gasteiger partial charge in [0, 0.05) is 28.2 Å². The third-order valence-corrected chi connectivity index (χ3v) is 4.29. The van der Waals surface area contributed by atoms with Gasteiger partial charge in [-0.25, -0.2) is 4.98 Å². The van der Waals surface area contributed by atoms with E-state index in [1.165, 1.54) is 0 Å². The van der Waals surface area contributed by atoms with E-state index in [9.17, 15) is 0 Å². The molecule has 0 bridgehead atoms. The van der Waals surface area contributed by atoms with E-state index in [4.69, 9.17) is 15.0 Å². The van der Waals surface area contributed by atoms with Crippen LogP contribution in [-0.4, -0.2) is 22.3 Å². The number of fused-ring (bicyclic) bond motifs is 1. The van der Waals surface area contributed by atoms with Gasteiger partial charge in [-0.3, -0.25) is 5.10 Å². The molecule has 2 aromatic carbocycles. The monoisotopic (exact) mass is 370 g/mol. The Morgan fingerprint density at radius 2 is 1.82 bits per heavy atom. The average Bonchev–Trinajstić information content (AvgIpc) is 3.12. The van der Waals surface area contributed by atoms with Crippen LogP contribution in [0, 0.1) is 18.3 Å². The van der Waals surface area contributed by atoms with Crippen LogP contribution in [0.15, 0.2) is 54.6 Å². The molecule has 0 spiro atoms. The quantitative estimate of drug-likeness (QED) is 0.474. The minimum absolute atomic E-state index is 0.606. The minimum Gasteiger partial charge on any atom is -0.496 e. The van der Waals surface area contributed by atoms with E-state index in [0.717, 1.165) is 27.9 Å². The molecule has 0 amide bonds. The summed E-state index contributed by atoms with van der Waals surface area (Å²) in [7, 11) is 1.65. The molecule has 0 atom stereocenters. The standard InChI is InChI=1S/C21H18N6O/c1-13-10-20(27-26-13)24-19-11-17-16(4-3-5-18(17)28-2)21(25-19)23-15-8-6-14(12-22)7-9-15/h3-11H,1-2H3,(H3,23,24,25,26,27). The molecule has 0 aliphatic rings. The third-order valence-electron chi connectivity index (χ3n) is 4.29. The number of nitriles is 1. The first-order valence-electron chi connectivity index (χ1n) is 8.70. The highest BCUT2D eigenvalue weighted by Gasteiger charge is 2.11. The number of aromatic amines is 1. The van der Waals surface area contributed by atoms with Crippen molar-refractivity contribution in [1.29, 1.82) is 5.26 Å². The van der Waals surface area contributed by atoms with Crippen LogP contribution in [0.4, 0.5) is 23.1 Å². The van der Waals surface area contributed by atoms with Crippen molar-refractivity contribution >= 4 is 33.9 Å². The maximum Gasteiger partial charge on any atom is 0.153 e. The van der Waals surface area contributed by atoms with Gasteiger partial charge in [-0.15, -0.1) is 0 Å². The van der Waals surface area contributed by atoms with Gasteiger partial charge in [-0.05, 0) is 43.3 Å². The normalized spacial score (nSPS) is 10.5. The van der Waals surface area contributed by atoms with E-state index in [1.807, 2.05) is 49.4 Å². The van der Waals surface area contributed by atoms with Gasteiger partial charge >= 0.3 is 0 Å². The van der Waals surface area contributed by atoms with Gasteiger partial charge in [-0.1, -0.05) is 12.1 Å². The number of aromatic nitrogens is 3. The predicted octanol–water partition coefficient (Wildman–Crippen LogP) is 4.63. The molecule has 7 heteroatoms. The molecule has 2 heterocycles. The second kappa shape index (κ2) is 7.29. The number of nitrogens with one attached hydrogen (secondary N) is 3. The van der Waals surface area contributed by atoms with E-state index >= 15 is 0 Å². The molecular formula is C21H18N6O. The van der Waals surface area contributed by atoms with Gasteiger partial charge in [0.25, 0.3) is 0 Å².